The first-order valence-corrected chi connectivity index (χ1v) is 8.58. The van der Waals surface area contributed by atoms with Crippen LogP contribution in [-0.2, 0) is 7.05 Å². The molecule has 25 heavy (non-hydrogen) atoms. The van der Waals surface area contributed by atoms with Gasteiger partial charge in [-0.15, -0.1) is 0 Å². The summed E-state index contributed by atoms with van der Waals surface area (Å²) in [7, 11) is 1.86. The number of nitrogens with one attached hydrogen (secondary N) is 1. The Labute approximate surface area is 160 Å². The summed E-state index contributed by atoms with van der Waals surface area (Å²) in [5, 5.41) is 4.14. The first kappa shape index (κ1) is 17.8. The first-order valence-electron chi connectivity index (χ1n) is 7.45. The Morgan fingerprint density at radius 3 is 2.48 bits per heavy atom. The van der Waals surface area contributed by atoms with E-state index in [4.69, 9.17) is 34.8 Å². The van der Waals surface area contributed by atoms with Gasteiger partial charge in [0.05, 0.1) is 15.6 Å². The molecular formula is C18H14Cl3N3O. The second-order valence-corrected chi connectivity index (χ2v) is 6.68. The second kappa shape index (κ2) is 7.48. The van der Waals surface area contributed by atoms with E-state index in [2.05, 4.69) is 10.3 Å². The summed E-state index contributed by atoms with van der Waals surface area (Å²) in [6, 6.07) is 11.7. The number of hydrogen-bond donors (Lipinski definition) is 1. The second-order valence-electron chi connectivity index (χ2n) is 5.46. The summed E-state index contributed by atoms with van der Waals surface area (Å²) in [5.74, 6) is 0.351. The Kier molecular flexibility index (Phi) is 5.33. The molecular weight excluding hydrogens is 381 g/mol. The van der Waals surface area contributed by atoms with Crippen molar-refractivity contribution in [1.29, 1.82) is 0 Å². The molecule has 3 rings (SSSR count). The Balaban J connectivity index is 1.98. The van der Waals surface area contributed by atoms with Crippen molar-refractivity contribution < 1.29 is 4.79 Å². The van der Waals surface area contributed by atoms with E-state index < -0.39 is 6.04 Å². The third-order valence-electron chi connectivity index (χ3n) is 3.79. The molecule has 0 spiro atoms. The SMILES string of the molecule is Cn1ccnc1[C@@H](NC(=O)c1cccc(Cl)c1Cl)c1ccc(Cl)cc1. The highest BCUT2D eigenvalue weighted by Crippen LogP contribution is 2.27. The smallest absolute Gasteiger partial charge is 0.253 e. The van der Waals surface area contributed by atoms with E-state index in [-0.39, 0.29) is 10.9 Å². The highest BCUT2D eigenvalue weighted by molar-refractivity contribution is 6.43. The van der Waals surface area contributed by atoms with E-state index >= 15 is 0 Å². The number of aryl methyl sites for hydroxylation is 1. The quantitative estimate of drug-likeness (QED) is 0.684. The average Bonchev–Trinajstić information content (AvgIpc) is 3.02. The largest absolute Gasteiger partial charge is 0.338 e. The number of imidazole rings is 1. The van der Waals surface area contributed by atoms with Gasteiger partial charge in [0, 0.05) is 24.5 Å². The predicted molar refractivity (Wildman–Crippen MR) is 100 cm³/mol. The van der Waals surface area contributed by atoms with E-state index in [9.17, 15) is 4.79 Å². The minimum atomic E-state index is -0.459. The van der Waals surface area contributed by atoms with Gasteiger partial charge in [-0.3, -0.25) is 4.79 Å². The molecule has 0 fully saturated rings. The lowest BCUT2D eigenvalue weighted by molar-refractivity contribution is 0.0941. The third kappa shape index (κ3) is 3.82. The standard InChI is InChI=1S/C18H14Cl3N3O/c1-24-10-9-22-17(24)16(11-5-7-12(19)8-6-11)23-18(25)13-3-2-4-14(20)15(13)21/h2-10,16H,1H3,(H,23,25)/t16-/m0/s1. The first-order chi connectivity index (χ1) is 12.0. The number of halogens is 3. The third-order valence-corrected chi connectivity index (χ3v) is 4.86. The molecule has 4 nitrogen and oxygen atoms in total. The van der Waals surface area contributed by atoms with Gasteiger partial charge in [0.15, 0.2) is 0 Å². The molecule has 2 aromatic carbocycles. The Bertz CT molecular complexity index is 906. The van der Waals surface area contributed by atoms with Crippen LogP contribution in [0.15, 0.2) is 54.9 Å². The molecule has 1 atom stereocenters. The summed E-state index contributed by atoms with van der Waals surface area (Å²) >= 11 is 18.1. The molecule has 0 saturated carbocycles. The topological polar surface area (TPSA) is 46.9 Å². The molecule has 0 saturated heterocycles. The zero-order chi connectivity index (χ0) is 18.0. The lowest BCUT2D eigenvalue weighted by atomic mass is 10.1. The molecule has 1 amide bonds. The number of aromatic nitrogens is 2. The highest BCUT2D eigenvalue weighted by Gasteiger charge is 2.23. The Morgan fingerprint density at radius 1 is 1.12 bits per heavy atom. The molecule has 0 radical (unpaired) electrons. The molecule has 0 aliphatic carbocycles. The molecule has 0 unspecified atom stereocenters. The lowest BCUT2D eigenvalue weighted by Gasteiger charge is -2.20. The van der Waals surface area contributed by atoms with E-state index in [1.54, 1.807) is 36.5 Å². The van der Waals surface area contributed by atoms with Crippen LogP contribution in [0.3, 0.4) is 0 Å². The fourth-order valence-electron chi connectivity index (χ4n) is 2.50. The molecule has 0 aliphatic heterocycles. The zero-order valence-corrected chi connectivity index (χ0v) is 15.5. The molecule has 7 heteroatoms. The number of amides is 1. The minimum absolute atomic E-state index is 0.219. The maximum absolute atomic E-state index is 12.8. The van der Waals surface area contributed by atoms with Gasteiger partial charge >= 0.3 is 0 Å². The van der Waals surface area contributed by atoms with Crippen LogP contribution in [0.2, 0.25) is 15.1 Å². The Hall–Kier alpha value is -2.01. The van der Waals surface area contributed by atoms with Crippen molar-refractivity contribution in [3.63, 3.8) is 0 Å². The summed E-state index contributed by atoms with van der Waals surface area (Å²) < 4.78 is 1.85. The van der Waals surface area contributed by atoms with Crippen molar-refractivity contribution in [2.24, 2.45) is 7.05 Å². The van der Waals surface area contributed by atoms with E-state index in [0.29, 0.717) is 21.4 Å². The summed E-state index contributed by atoms with van der Waals surface area (Å²) in [4.78, 5) is 17.1. The van der Waals surface area contributed by atoms with E-state index in [0.717, 1.165) is 5.56 Å². The van der Waals surface area contributed by atoms with Gasteiger partial charge < -0.3 is 9.88 Å². The van der Waals surface area contributed by atoms with Crippen LogP contribution in [-0.4, -0.2) is 15.5 Å². The van der Waals surface area contributed by atoms with Gasteiger partial charge in [0.2, 0.25) is 0 Å². The zero-order valence-electron chi connectivity index (χ0n) is 13.2. The van der Waals surface area contributed by atoms with Gasteiger partial charge in [-0.2, -0.15) is 0 Å². The van der Waals surface area contributed by atoms with Crippen LogP contribution in [0.25, 0.3) is 0 Å². The predicted octanol–water partition coefficient (Wildman–Crippen LogP) is 4.90. The van der Waals surface area contributed by atoms with Crippen LogP contribution in [0.5, 0.6) is 0 Å². The lowest BCUT2D eigenvalue weighted by Crippen LogP contribution is -2.31. The van der Waals surface area contributed by atoms with Crippen LogP contribution in [0, 0.1) is 0 Å². The minimum Gasteiger partial charge on any atom is -0.338 e. The number of carbonyl (C=O) groups is 1. The molecule has 128 valence electrons. The van der Waals surface area contributed by atoms with Crippen molar-refractivity contribution in [2.45, 2.75) is 6.04 Å². The van der Waals surface area contributed by atoms with Crippen LogP contribution >= 0.6 is 34.8 Å². The van der Waals surface area contributed by atoms with Crippen molar-refractivity contribution in [3.05, 3.63) is 86.9 Å². The number of carbonyl (C=O) groups excluding carboxylic acids is 1. The maximum atomic E-state index is 12.8. The van der Waals surface area contributed by atoms with E-state index in [1.165, 1.54) is 0 Å². The van der Waals surface area contributed by atoms with Gasteiger partial charge in [0.25, 0.3) is 5.91 Å². The maximum Gasteiger partial charge on any atom is 0.253 e. The van der Waals surface area contributed by atoms with Crippen molar-refractivity contribution in [1.82, 2.24) is 14.9 Å². The van der Waals surface area contributed by atoms with Crippen molar-refractivity contribution >= 4 is 40.7 Å². The highest BCUT2D eigenvalue weighted by atomic mass is 35.5. The number of hydrogen-bond acceptors (Lipinski definition) is 2. The normalized spacial score (nSPS) is 12.0. The molecule has 1 N–H and O–H groups in total. The molecule has 1 aromatic heterocycles. The van der Waals surface area contributed by atoms with Crippen LogP contribution in [0.4, 0.5) is 0 Å². The molecule has 1 heterocycles. The summed E-state index contributed by atoms with van der Waals surface area (Å²) in [6.45, 7) is 0. The fraction of sp³-hybridized carbons (Fsp3) is 0.111. The van der Waals surface area contributed by atoms with Crippen molar-refractivity contribution in [3.8, 4) is 0 Å². The molecule has 0 aliphatic rings. The monoisotopic (exact) mass is 393 g/mol. The molecule has 0 bridgehead atoms. The summed E-state index contributed by atoms with van der Waals surface area (Å²) in [5.41, 5.74) is 1.16. The van der Waals surface area contributed by atoms with Crippen LogP contribution < -0.4 is 5.32 Å². The van der Waals surface area contributed by atoms with Gasteiger partial charge in [-0.05, 0) is 29.8 Å². The van der Waals surface area contributed by atoms with Gasteiger partial charge in [-0.1, -0.05) is 53.0 Å². The number of benzene rings is 2. The van der Waals surface area contributed by atoms with E-state index in [1.807, 2.05) is 29.9 Å². The average molecular weight is 395 g/mol. The number of rotatable bonds is 4. The fourth-order valence-corrected chi connectivity index (χ4v) is 3.01. The van der Waals surface area contributed by atoms with Crippen LogP contribution in [0.1, 0.15) is 27.8 Å². The van der Waals surface area contributed by atoms with Gasteiger partial charge in [0.1, 0.15) is 11.9 Å². The number of nitrogens with zero attached hydrogens (tertiary/aromatic N) is 2. The van der Waals surface area contributed by atoms with Crippen molar-refractivity contribution in [2.75, 3.05) is 0 Å². The van der Waals surface area contributed by atoms with Gasteiger partial charge in [-0.25, -0.2) is 4.98 Å². The molecule has 3 aromatic rings. The summed E-state index contributed by atoms with van der Waals surface area (Å²) in [6.07, 6.45) is 3.49. The Morgan fingerprint density at radius 2 is 1.84 bits per heavy atom.